The van der Waals surface area contributed by atoms with Crippen LogP contribution in [0.3, 0.4) is 0 Å². The number of aryl methyl sites for hydroxylation is 2. The minimum Gasteiger partial charge on any atom is -0.336 e. The van der Waals surface area contributed by atoms with Gasteiger partial charge in [0, 0.05) is 7.05 Å². The normalized spacial score (nSPS) is 10.8. The Morgan fingerprint density at radius 2 is 2.33 bits per heavy atom. The molecule has 2 aromatic rings. The molecule has 0 bridgehead atoms. The van der Waals surface area contributed by atoms with Gasteiger partial charge in [-0.25, -0.2) is 9.97 Å². The van der Waals surface area contributed by atoms with Gasteiger partial charge in [0.05, 0.1) is 6.33 Å². The lowest BCUT2D eigenvalue weighted by atomic mass is 10.5. The Hall–Kier alpha value is -1.65. The molecule has 0 saturated heterocycles. The molecule has 2 heterocycles. The molecule has 0 atom stereocenters. The lowest BCUT2D eigenvalue weighted by Gasteiger charge is -1.92. The van der Waals surface area contributed by atoms with E-state index in [4.69, 9.17) is 0 Å². The van der Waals surface area contributed by atoms with Gasteiger partial charge in [-0.3, -0.25) is 4.79 Å². The molecule has 0 aliphatic heterocycles. The summed E-state index contributed by atoms with van der Waals surface area (Å²) in [4.78, 5) is 22.3. The van der Waals surface area contributed by atoms with Gasteiger partial charge in [-0.15, -0.1) is 0 Å². The topological polar surface area (TPSA) is 63.6 Å². The maximum Gasteiger partial charge on any atom is 0.279 e. The van der Waals surface area contributed by atoms with Crippen molar-refractivity contribution in [3.8, 4) is 0 Å². The number of nitrogens with zero attached hydrogens (tertiary/aromatic N) is 3. The fraction of sp³-hybridized carbons (Fsp3) is 0.286. The van der Waals surface area contributed by atoms with Crippen LogP contribution in [0.15, 0.2) is 11.1 Å². The lowest BCUT2D eigenvalue weighted by molar-refractivity contribution is 0.839. The van der Waals surface area contributed by atoms with Crippen LogP contribution in [0.2, 0.25) is 0 Å². The first kappa shape index (κ1) is 7.02. The molecule has 12 heavy (non-hydrogen) atoms. The molecule has 0 spiro atoms. The van der Waals surface area contributed by atoms with Crippen LogP contribution in [0.1, 0.15) is 5.82 Å². The van der Waals surface area contributed by atoms with E-state index in [0.29, 0.717) is 17.0 Å². The highest BCUT2D eigenvalue weighted by Gasteiger charge is 2.04. The van der Waals surface area contributed by atoms with Crippen molar-refractivity contribution in [2.24, 2.45) is 7.05 Å². The van der Waals surface area contributed by atoms with E-state index >= 15 is 0 Å². The van der Waals surface area contributed by atoms with E-state index in [9.17, 15) is 4.79 Å². The Morgan fingerprint density at radius 1 is 1.58 bits per heavy atom. The molecule has 0 radical (unpaired) electrons. The minimum atomic E-state index is -0.0967. The van der Waals surface area contributed by atoms with Crippen LogP contribution in [-0.2, 0) is 7.05 Å². The molecule has 5 heteroatoms. The number of aromatic nitrogens is 4. The molecule has 2 aromatic heterocycles. The molecule has 5 nitrogen and oxygen atoms in total. The van der Waals surface area contributed by atoms with Gasteiger partial charge in [-0.2, -0.15) is 0 Å². The van der Waals surface area contributed by atoms with E-state index in [-0.39, 0.29) is 5.56 Å². The highest BCUT2D eigenvalue weighted by atomic mass is 16.1. The van der Waals surface area contributed by atoms with Crippen molar-refractivity contribution in [1.29, 1.82) is 0 Å². The molecule has 0 amide bonds. The highest BCUT2D eigenvalue weighted by Crippen LogP contribution is 2.00. The monoisotopic (exact) mass is 164 g/mol. The Kier molecular flexibility index (Phi) is 1.27. The maximum absolute atomic E-state index is 11.4. The number of hydrogen-bond acceptors (Lipinski definition) is 3. The fourth-order valence-corrected chi connectivity index (χ4v) is 1.09. The average molecular weight is 164 g/mol. The minimum absolute atomic E-state index is 0.0967. The molecule has 0 fully saturated rings. The van der Waals surface area contributed by atoms with E-state index in [0.717, 1.165) is 0 Å². The van der Waals surface area contributed by atoms with E-state index < -0.39 is 0 Å². The van der Waals surface area contributed by atoms with Crippen molar-refractivity contribution in [2.45, 2.75) is 6.92 Å². The average Bonchev–Trinajstić information content (AvgIpc) is 2.39. The first-order valence-corrected chi connectivity index (χ1v) is 3.56. The van der Waals surface area contributed by atoms with Crippen molar-refractivity contribution < 1.29 is 0 Å². The molecular weight excluding hydrogens is 156 g/mol. The number of rotatable bonds is 0. The second-order valence-corrected chi connectivity index (χ2v) is 2.68. The number of fused-ring (bicyclic) bond motifs is 1. The van der Waals surface area contributed by atoms with Crippen molar-refractivity contribution >= 4 is 11.2 Å². The largest absolute Gasteiger partial charge is 0.336 e. The lowest BCUT2D eigenvalue weighted by Crippen LogP contribution is -2.16. The van der Waals surface area contributed by atoms with Gasteiger partial charge in [0.25, 0.3) is 5.56 Å². The molecule has 0 unspecified atom stereocenters. The Morgan fingerprint density at radius 3 is 3.08 bits per heavy atom. The Labute approximate surface area is 68.1 Å². The second kappa shape index (κ2) is 2.17. The highest BCUT2D eigenvalue weighted by molar-refractivity contribution is 5.68. The third kappa shape index (κ3) is 0.827. The first-order chi connectivity index (χ1) is 5.68. The fourth-order valence-electron chi connectivity index (χ4n) is 1.09. The Bertz CT molecular complexity index is 482. The van der Waals surface area contributed by atoms with Gasteiger partial charge < -0.3 is 9.55 Å². The molecule has 0 aliphatic carbocycles. The summed E-state index contributed by atoms with van der Waals surface area (Å²) in [6, 6.07) is 0. The van der Waals surface area contributed by atoms with Crippen LogP contribution in [0, 0.1) is 6.92 Å². The summed E-state index contributed by atoms with van der Waals surface area (Å²) in [5.41, 5.74) is 0.855. The summed E-state index contributed by atoms with van der Waals surface area (Å²) in [5, 5.41) is 0. The summed E-state index contributed by atoms with van der Waals surface area (Å²) in [7, 11) is 1.66. The predicted molar refractivity (Wildman–Crippen MR) is 43.9 cm³/mol. The number of aromatic amines is 1. The molecule has 1 N–H and O–H groups in total. The Balaban J connectivity index is 2.99. The molecule has 2 rings (SSSR count). The van der Waals surface area contributed by atoms with Crippen molar-refractivity contribution in [2.75, 3.05) is 0 Å². The number of H-pyrrole nitrogens is 1. The third-order valence-corrected chi connectivity index (χ3v) is 1.69. The maximum atomic E-state index is 11.4. The van der Waals surface area contributed by atoms with Gasteiger partial charge in [-0.1, -0.05) is 0 Å². The zero-order chi connectivity index (χ0) is 8.72. The first-order valence-electron chi connectivity index (χ1n) is 3.56. The molecule has 0 aromatic carbocycles. The number of imidazole rings is 1. The van der Waals surface area contributed by atoms with E-state index in [1.54, 1.807) is 14.0 Å². The van der Waals surface area contributed by atoms with Gasteiger partial charge in [-0.05, 0) is 6.92 Å². The predicted octanol–water partition coefficient (Wildman–Crippen LogP) is -0.0350. The van der Waals surface area contributed by atoms with Gasteiger partial charge in [0.15, 0.2) is 11.2 Å². The van der Waals surface area contributed by atoms with Gasteiger partial charge in [0.1, 0.15) is 5.82 Å². The summed E-state index contributed by atoms with van der Waals surface area (Å²) < 4.78 is 1.42. The SMILES string of the molecule is Cc1nc2ncn(C)c(=O)c2[nH]1. The van der Waals surface area contributed by atoms with Crippen LogP contribution >= 0.6 is 0 Å². The zero-order valence-electron chi connectivity index (χ0n) is 6.83. The van der Waals surface area contributed by atoms with Crippen molar-refractivity contribution in [1.82, 2.24) is 19.5 Å². The van der Waals surface area contributed by atoms with E-state index in [1.165, 1.54) is 10.9 Å². The van der Waals surface area contributed by atoms with E-state index in [1.807, 2.05) is 0 Å². The van der Waals surface area contributed by atoms with Gasteiger partial charge in [0.2, 0.25) is 0 Å². The summed E-state index contributed by atoms with van der Waals surface area (Å²) in [6.07, 6.45) is 1.46. The number of nitrogens with one attached hydrogen (secondary N) is 1. The summed E-state index contributed by atoms with van der Waals surface area (Å²) in [6.45, 7) is 1.79. The molecule has 0 saturated carbocycles. The van der Waals surface area contributed by atoms with Gasteiger partial charge >= 0.3 is 0 Å². The van der Waals surface area contributed by atoms with Crippen molar-refractivity contribution in [3.63, 3.8) is 0 Å². The quantitative estimate of drug-likeness (QED) is 0.594. The molecule has 0 aliphatic rings. The van der Waals surface area contributed by atoms with Crippen LogP contribution in [-0.4, -0.2) is 19.5 Å². The van der Waals surface area contributed by atoms with Crippen LogP contribution in [0.5, 0.6) is 0 Å². The zero-order valence-corrected chi connectivity index (χ0v) is 6.83. The van der Waals surface area contributed by atoms with Crippen molar-refractivity contribution in [3.05, 3.63) is 22.5 Å². The third-order valence-electron chi connectivity index (χ3n) is 1.69. The standard InChI is InChI=1S/C7H8N4O/c1-4-9-5-6(10-4)8-3-11(2)7(5)12/h3H,1-2H3,(H,9,10). The van der Waals surface area contributed by atoms with Crippen LogP contribution in [0.25, 0.3) is 11.2 Å². The number of hydrogen-bond donors (Lipinski definition) is 1. The molecule has 62 valence electrons. The smallest absolute Gasteiger partial charge is 0.279 e. The summed E-state index contributed by atoms with van der Waals surface area (Å²) in [5.74, 6) is 0.709. The van der Waals surface area contributed by atoms with Crippen LogP contribution < -0.4 is 5.56 Å². The summed E-state index contributed by atoms with van der Waals surface area (Å²) >= 11 is 0. The van der Waals surface area contributed by atoms with Crippen LogP contribution in [0.4, 0.5) is 0 Å². The van der Waals surface area contributed by atoms with E-state index in [2.05, 4.69) is 15.0 Å². The second-order valence-electron chi connectivity index (χ2n) is 2.68. The molecular formula is C7H8N4O.